The summed E-state index contributed by atoms with van der Waals surface area (Å²) in [5.74, 6) is 0.377. The van der Waals surface area contributed by atoms with E-state index in [4.69, 9.17) is 20.9 Å². The molecule has 3 aliphatic heterocycles. The summed E-state index contributed by atoms with van der Waals surface area (Å²) in [7, 11) is 0. The molecule has 2 atom stereocenters. The Morgan fingerprint density at radius 3 is 2.50 bits per heavy atom. The lowest BCUT2D eigenvalue weighted by atomic mass is 9.82. The van der Waals surface area contributed by atoms with Gasteiger partial charge in [-0.2, -0.15) is 0 Å². The number of ether oxygens (including phenoxy) is 1. The van der Waals surface area contributed by atoms with Gasteiger partial charge in [0.2, 0.25) is 5.60 Å². The van der Waals surface area contributed by atoms with E-state index in [1.54, 1.807) is 54.6 Å². The number of nitrogens with one attached hydrogen (secondary N) is 1. The first-order valence-corrected chi connectivity index (χ1v) is 13.1. The number of piperidine rings is 3. The predicted octanol–water partition coefficient (Wildman–Crippen LogP) is 0.921. The molecular formula is C28H31BrClN3O5. The largest absolute Gasteiger partial charge is 1.00 e. The number of carbonyl (C=O) groups is 2. The molecular weight excluding hydrogens is 574 g/mol. The molecule has 1 aromatic heterocycles. The summed E-state index contributed by atoms with van der Waals surface area (Å²) in [5, 5.41) is 18.9. The maximum atomic E-state index is 13.7. The fourth-order valence-corrected chi connectivity index (χ4v) is 5.91. The van der Waals surface area contributed by atoms with E-state index in [1.165, 1.54) is 0 Å². The highest BCUT2D eigenvalue weighted by Crippen LogP contribution is 2.39. The van der Waals surface area contributed by atoms with Crippen molar-refractivity contribution in [3.63, 3.8) is 0 Å². The normalized spacial score (nSPS) is 23.7. The summed E-state index contributed by atoms with van der Waals surface area (Å²) in [6.07, 6.45) is 1.95. The van der Waals surface area contributed by atoms with Gasteiger partial charge >= 0.3 is 5.97 Å². The van der Waals surface area contributed by atoms with Gasteiger partial charge in [0.25, 0.3) is 5.91 Å². The Morgan fingerprint density at radius 1 is 1.16 bits per heavy atom. The number of fused-ring (bicyclic) bond motifs is 3. The molecule has 2 aromatic carbocycles. The zero-order chi connectivity index (χ0) is 26.0. The molecule has 1 amide bonds. The molecule has 3 saturated heterocycles. The molecule has 0 spiro atoms. The van der Waals surface area contributed by atoms with E-state index in [9.17, 15) is 14.7 Å². The molecule has 38 heavy (non-hydrogen) atoms. The number of aryl methyl sites for hydroxylation is 1. The zero-order valence-corrected chi connectivity index (χ0v) is 23.5. The lowest BCUT2D eigenvalue weighted by Gasteiger charge is -2.51. The second-order valence-corrected chi connectivity index (χ2v) is 10.5. The fourth-order valence-electron chi connectivity index (χ4n) is 5.64. The topological polar surface area (TPSA) is 102 Å². The zero-order valence-electron chi connectivity index (χ0n) is 21.1. The van der Waals surface area contributed by atoms with E-state index >= 15 is 0 Å². The monoisotopic (exact) mass is 603 g/mol. The molecule has 202 valence electrons. The molecule has 4 heterocycles. The Morgan fingerprint density at radius 2 is 1.84 bits per heavy atom. The molecule has 0 radical (unpaired) electrons. The van der Waals surface area contributed by atoms with Gasteiger partial charge in [0.05, 0.1) is 13.1 Å². The highest BCUT2D eigenvalue weighted by molar-refractivity contribution is 6.31. The highest BCUT2D eigenvalue weighted by atomic mass is 79.9. The van der Waals surface area contributed by atoms with E-state index in [1.807, 2.05) is 13.0 Å². The van der Waals surface area contributed by atoms with Gasteiger partial charge in [-0.15, -0.1) is 0 Å². The molecule has 2 bridgehead atoms. The van der Waals surface area contributed by atoms with Crippen LogP contribution >= 0.6 is 11.6 Å². The van der Waals surface area contributed by atoms with Crippen molar-refractivity contribution in [2.75, 3.05) is 31.5 Å². The highest BCUT2D eigenvalue weighted by Gasteiger charge is 2.51. The van der Waals surface area contributed by atoms with Crippen LogP contribution in [-0.2, 0) is 26.3 Å². The average molecular weight is 605 g/mol. The summed E-state index contributed by atoms with van der Waals surface area (Å²) in [6, 6.07) is 17.2. The number of hydrogen-bond donors (Lipinski definition) is 2. The van der Waals surface area contributed by atoms with Crippen LogP contribution in [0.2, 0.25) is 5.02 Å². The van der Waals surface area contributed by atoms with Crippen LogP contribution in [0, 0.1) is 5.92 Å². The Balaban J connectivity index is 0.00000336. The van der Waals surface area contributed by atoms with Gasteiger partial charge in [-0.3, -0.25) is 4.79 Å². The quantitative estimate of drug-likeness (QED) is 0.293. The summed E-state index contributed by atoms with van der Waals surface area (Å²) in [4.78, 5) is 26.6. The molecule has 2 N–H and O–H groups in total. The predicted molar refractivity (Wildman–Crippen MR) is 138 cm³/mol. The minimum Gasteiger partial charge on any atom is -1.00 e. The van der Waals surface area contributed by atoms with Crippen LogP contribution in [0.15, 0.2) is 65.2 Å². The Bertz CT molecular complexity index is 1280. The van der Waals surface area contributed by atoms with Crippen LogP contribution in [0.1, 0.15) is 36.7 Å². The van der Waals surface area contributed by atoms with Crippen molar-refractivity contribution >= 4 is 29.3 Å². The van der Waals surface area contributed by atoms with Crippen LogP contribution in [0.3, 0.4) is 0 Å². The summed E-state index contributed by atoms with van der Waals surface area (Å²) >= 11 is 6.44. The van der Waals surface area contributed by atoms with Gasteiger partial charge in [0, 0.05) is 41.8 Å². The molecule has 3 aromatic rings. The van der Waals surface area contributed by atoms with Gasteiger partial charge in [-0.05, 0) is 11.6 Å². The number of aliphatic hydroxyl groups is 1. The molecule has 8 nitrogen and oxygen atoms in total. The van der Waals surface area contributed by atoms with Crippen molar-refractivity contribution in [2.24, 2.45) is 5.92 Å². The molecule has 0 saturated carbocycles. The second-order valence-electron chi connectivity index (χ2n) is 10.0. The smallest absolute Gasteiger partial charge is 0.348 e. The molecule has 6 rings (SSSR count). The summed E-state index contributed by atoms with van der Waals surface area (Å²) in [6.45, 7) is 4.38. The minimum absolute atomic E-state index is 0. The number of amides is 1. The Labute approximate surface area is 237 Å². The van der Waals surface area contributed by atoms with Crippen LogP contribution in [0.5, 0.6) is 0 Å². The average Bonchev–Trinajstić information content (AvgIpc) is 3.36. The van der Waals surface area contributed by atoms with Crippen LogP contribution in [-0.4, -0.2) is 58.9 Å². The molecule has 1 unspecified atom stereocenters. The van der Waals surface area contributed by atoms with E-state index in [-0.39, 0.29) is 45.9 Å². The standard InChI is InChI=1S/C28H30ClN3O5.BrH/c1-2-21-16-25(31-37-21)30-26(33)18-32-14-12-19(13-15-32)24(17-32)36-27(34)28(35,20-8-4-3-5-9-20)22-10-6-7-11-23(22)29;/h3-11,16,19,24,35H,2,12-15,17-18H2,1H3;1H/t19?,24-,28?,32?;/m0./s1. The van der Waals surface area contributed by atoms with Gasteiger partial charge in [0.1, 0.15) is 12.3 Å². The van der Waals surface area contributed by atoms with Gasteiger partial charge in [0.15, 0.2) is 18.5 Å². The number of carbonyl (C=O) groups excluding carboxylic acids is 2. The first-order valence-electron chi connectivity index (χ1n) is 12.7. The summed E-state index contributed by atoms with van der Waals surface area (Å²) in [5.41, 5.74) is -1.40. The SMILES string of the molecule is CCc1cc(NC(=O)C[N+]23CCC(CC2)[C@@H](OC(=O)C(O)(c2ccccc2)c2ccccc2Cl)C3)no1.[Br-]. The second kappa shape index (κ2) is 11.6. The minimum atomic E-state index is -2.06. The van der Waals surface area contributed by atoms with Crippen LogP contribution in [0.4, 0.5) is 5.82 Å². The van der Waals surface area contributed by atoms with E-state index in [2.05, 4.69) is 10.5 Å². The number of anilines is 1. The maximum absolute atomic E-state index is 13.7. The third kappa shape index (κ3) is 5.52. The van der Waals surface area contributed by atoms with Crippen molar-refractivity contribution in [3.05, 3.63) is 82.6 Å². The van der Waals surface area contributed by atoms with Gasteiger partial charge in [-0.25, -0.2) is 4.79 Å². The number of aromatic nitrogens is 1. The first-order chi connectivity index (χ1) is 17.8. The number of nitrogens with zero attached hydrogens (tertiary/aromatic N) is 2. The van der Waals surface area contributed by atoms with E-state index < -0.39 is 17.7 Å². The Kier molecular flexibility index (Phi) is 8.62. The van der Waals surface area contributed by atoms with Gasteiger partial charge < -0.3 is 41.1 Å². The number of quaternary nitrogens is 1. The first kappa shape index (κ1) is 28.3. The molecule has 10 heteroatoms. The summed E-state index contributed by atoms with van der Waals surface area (Å²) < 4.78 is 11.8. The van der Waals surface area contributed by atoms with Crippen molar-refractivity contribution in [1.82, 2.24) is 5.16 Å². The number of halogens is 2. The third-order valence-electron chi connectivity index (χ3n) is 7.70. The van der Waals surface area contributed by atoms with Crippen LogP contribution in [0.25, 0.3) is 0 Å². The molecule has 0 aliphatic carbocycles. The Hall–Kier alpha value is -2.72. The number of hydrogen-bond acceptors (Lipinski definition) is 6. The van der Waals surface area contributed by atoms with E-state index in [0.29, 0.717) is 34.6 Å². The van der Waals surface area contributed by atoms with Crippen molar-refractivity contribution in [3.8, 4) is 0 Å². The lowest BCUT2D eigenvalue weighted by Crippen LogP contribution is -3.00. The number of esters is 1. The molecule has 3 fully saturated rings. The third-order valence-corrected chi connectivity index (χ3v) is 8.03. The van der Waals surface area contributed by atoms with Crippen LogP contribution < -0.4 is 22.3 Å². The maximum Gasteiger partial charge on any atom is 0.348 e. The fraction of sp³-hybridized carbons (Fsp3) is 0.393. The van der Waals surface area contributed by atoms with Gasteiger partial charge in [-0.1, -0.05) is 72.2 Å². The van der Waals surface area contributed by atoms with Crippen molar-refractivity contribution in [2.45, 2.75) is 37.9 Å². The number of benzene rings is 2. The number of rotatable bonds is 8. The van der Waals surface area contributed by atoms with E-state index in [0.717, 1.165) is 25.9 Å². The lowest BCUT2D eigenvalue weighted by molar-refractivity contribution is -0.939. The van der Waals surface area contributed by atoms with Crippen molar-refractivity contribution < 1.29 is 45.4 Å². The van der Waals surface area contributed by atoms with Crippen molar-refractivity contribution in [1.29, 1.82) is 0 Å². The molecule has 3 aliphatic rings.